The molecule has 1 heterocycles. The molecule has 0 aliphatic carbocycles. The van der Waals surface area contributed by atoms with Crippen LogP contribution in [0.1, 0.15) is 5.01 Å². The van der Waals surface area contributed by atoms with Crippen molar-refractivity contribution in [2.24, 2.45) is 0 Å². The summed E-state index contributed by atoms with van der Waals surface area (Å²) in [6.45, 7) is 0.138. The van der Waals surface area contributed by atoms with Crippen molar-refractivity contribution < 1.29 is 13.3 Å². The molecule has 124 valence electrons. The van der Waals surface area contributed by atoms with Gasteiger partial charge in [0.1, 0.15) is 5.01 Å². The highest BCUT2D eigenvalue weighted by Gasteiger charge is 2.23. The average Bonchev–Trinajstić information content (AvgIpc) is 2.97. The van der Waals surface area contributed by atoms with Crippen LogP contribution in [0, 0.1) is 10.1 Å². The second-order valence-electron chi connectivity index (χ2n) is 5.09. The Kier molecular flexibility index (Phi) is 4.31. The smallest absolute Gasteiger partial charge is 0.258 e. The Morgan fingerprint density at radius 2 is 1.83 bits per heavy atom. The molecule has 0 unspecified atom stereocenters. The summed E-state index contributed by atoms with van der Waals surface area (Å²) >= 11 is 1.44. The van der Waals surface area contributed by atoms with E-state index >= 15 is 0 Å². The Labute approximate surface area is 142 Å². The van der Waals surface area contributed by atoms with Crippen LogP contribution in [0.2, 0.25) is 0 Å². The predicted molar refractivity (Wildman–Crippen MR) is 91.4 cm³/mol. The van der Waals surface area contributed by atoms with Crippen LogP contribution < -0.4 is 0 Å². The first-order chi connectivity index (χ1) is 11.4. The summed E-state index contributed by atoms with van der Waals surface area (Å²) in [5.74, 6) is 0. The van der Waals surface area contributed by atoms with Gasteiger partial charge in [0.15, 0.2) is 0 Å². The minimum Gasteiger partial charge on any atom is -0.258 e. The molecule has 0 radical (unpaired) electrons. The van der Waals surface area contributed by atoms with E-state index in [9.17, 15) is 18.5 Å². The van der Waals surface area contributed by atoms with Gasteiger partial charge in [-0.25, -0.2) is 13.4 Å². The van der Waals surface area contributed by atoms with E-state index < -0.39 is 14.9 Å². The summed E-state index contributed by atoms with van der Waals surface area (Å²) in [4.78, 5) is 14.5. The van der Waals surface area contributed by atoms with E-state index in [4.69, 9.17) is 0 Å². The van der Waals surface area contributed by atoms with Crippen LogP contribution in [0.3, 0.4) is 0 Å². The molecule has 0 amide bonds. The molecule has 0 fully saturated rings. The van der Waals surface area contributed by atoms with Crippen molar-refractivity contribution in [2.75, 3.05) is 7.05 Å². The van der Waals surface area contributed by atoms with Crippen molar-refractivity contribution in [3.05, 3.63) is 63.7 Å². The maximum absolute atomic E-state index is 12.6. The summed E-state index contributed by atoms with van der Waals surface area (Å²) in [6.07, 6.45) is 0. The molecule has 0 N–H and O–H groups in total. The number of rotatable bonds is 5. The number of benzene rings is 2. The third kappa shape index (κ3) is 3.14. The molecule has 3 aromatic rings. The van der Waals surface area contributed by atoms with Crippen LogP contribution >= 0.6 is 11.3 Å². The fourth-order valence-corrected chi connectivity index (χ4v) is 4.42. The Morgan fingerprint density at radius 3 is 2.46 bits per heavy atom. The quantitative estimate of drug-likeness (QED) is 0.513. The second kappa shape index (κ2) is 6.27. The summed E-state index contributed by atoms with van der Waals surface area (Å²) in [7, 11) is -2.28. The van der Waals surface area contributed by atoms with Crippen molar-refractivity contribution in [3.8, 4) is 0 Å². The number of nitro benzene ring substituents is 1. The normalized spacial score (nSPS) is 11.9. The number of nitrogens with zero attached hydrogens (tertiary/aromatic N) is 3. The highest BCUT2D eigenvalue weighted by molar-refractivity contribution is 7.89. The average molecular weight is 363 g/mol. The second-order valence-corrected chi connectivity index (χ2v) is 8.25. The topological polar surface area (TPSA) is 93.4 Å². The van der Waals surface area contributed by atoms with Gasteiger partial charge in [0.05, 0.1) is 26.6 Å². The standard InChI is InChI=1S/C15H13N3O4S2/c1-17(10-15-16-13-4-2-3-5-14(13)23-15)24(21,22)12-8-6-11(7-9-12)18(19)20/h2-9H,10H2,1H3. The molecule has 0 aliphatic rings. The molecule has 0 spiro atoms. The minimum absolute atomic E-state index is 0.0108. The number of aromatic nitrogens is 1. The lowest BCUT2D eigenvalue weighted by Crippen LogP contribution is -2.26. The van der Waals surface area contributed by atoms with Gasteiger partial charge >= 0.3 is 0 Å². The molecule has 0 saturated heterocycles. The minimum atomic E-state index is -3.74. The first kappa shape index (κ1) is 16.5. The van der Waals surface area contributed by atoms with Crippen molar-refractivity contribution in [1.82, 2.24) is 9.29 Å². The van der Waals surface area contributed by atoms with E-state index in [2.05, 4.69) is 4.98 Å². The molecule has 0 atom stereocenters. The van der Waals surface area contributed by atoms with Gasteiger partial charge in [-0.3, -0.25) is 10.1 Å². The molecule has 2 aromatic carbocycles. The Bertz CT molecular complexity index is 964. The van der Waals surface area contributed by atoms with E-state index in [0.29, 0.717) is 5.01 Å². The van der Waals surface area contributed by atoms with Crippen molar-refractivity contribution in [2.45, 2.75) is 11.4 Å². The molecule has 3 rings (SSSR count). The Morgan fingerprint density at radius 1 is 1.17 bits per heavy atom. The van der Waals surface area contributed by atoms with Crippen LogP contribution in [0.4, 0.5) is 5.69 Å². The van der Waals surface area contributed by atoms with E-state index in [0.717, 1.165) is 10.2 Å². The lowest BCUT2D eigenvalue weighted by molar-refractivity contribution is -0.384. The Hall–Kier alpha value is -2.36. The van der Waals surface area contributed by atoms with Gasteiger partial charge in [-0.15, -0.1) is 11.3 Å². The molecular formula is C15H13N3O4S2. The zero-order valence-electron chi connectivity index (χ0n) is 12.6. The highest BCUT2D eigenvalue weighted by Crippen LogP contribution is 2.25. The van der Waals surface area contributed by atoms with Gasteiger partial charge in [-0.05, 0) is 24.3 Å². The van der Waals surface area contributed by atoms with Crippen LogP contribution in [0.5, 0.6) is 0 Å². The third-order valence-corrected chi connectivity index (χ3v) is 6.29. The van der Waals surface area contributed by atoms with Crippen LogP contribution in [0.25, 0.3) is 10.2 Å². The highest BCUT2D eigenvalue weighted by atomic mass is 32.2. The SMILES string of the molecule is CN(Cc1nc2ccccc2s1)S(=O)(=O)c1ccc([N+](=O)[O-])cc1. The Balaban J connectivity index is 1.84. The van der Waals surface area contributed by atoms with Crippen molar-refractivity contribution in [3.63, 3.8) is 0 Å². The molecule has 7 nitrogen and oxygen atoms in total. The number of non-ortho nitro benzene ring substituents is 1. The zero-order valence-corrected chi connectivity index (χ0v) is 14.3. The van der Waals surface area contributed by atoms with Crippen LogP contribution in [-0.4, -0.2) is 29.7 Å². The fraction of sp³-hybridized carbons (Fsp3) is 0.133. The van der Waals surface area contributed by atoms with E-state index in [1.807, 2.05) is 24.3 Å². The van der Waals surface area contributed by atoms with E-state index in [1.165, 1.54) is 47.0 Å². The summed E-state index contributed by atoms with van der Waals surface area (Å²) in [6, 6.07) is 12.4. The first-order valence-electron chi connectivity index (χ1n) is 6.93. The third-order valence-electron chi connectivity index (χ3n) is 3.45. The van der Waals surface area contributed by atoms with Crippen LogP contribution in [-0.2, 0) is 16.6 Å². The summed E-state index contributed by atoms with van der Waals surface area (Å²) in [5.41, 5.74) is 0.682. The first-order valence-corrected chi connectivity index (χ1v) is 9.19. The summed E-state index contributed by atoms with van der Waals surface area (Å²) in [5, 5.41) is 11.3. The lowest BCUT2D eigenvalue weighted by Gasteiger charge is -2.15. The molecule has 9 heteroatoms. The van der Waals surface area contributed by atoms with Crippen molar-refractivity contribution in [1.29, 1.82) is 0 Å². The van der Waals surface area contributed by atoms with E-state index in [1.54, 1.807) is 0 Å². The number of hydrogen-bond donors (Lipinski definition) is 0. The monoisotopic (exact) mass is 363 g/mol. The summed E-state index contributed by atoms with van der Waals surface area (Å²) < 4.78 is 27.3. The molecular weight excluding hydrogens is 350 g/mol. The maximum Gasteiger partial charge on any atom is 0.269 e. The number of para-hydroxylation sites is 1. The van der Waals surface area contributed by atoms with Crippen LogP contribution in [0.15, 0.2) is 53.4 Å². The molecule has 1 aromatic heterocycles. The molecule has 0 bridgehead atoms. The zero-order chi connectivity index (χ0) is 17.3. The number of hydrogen-bond acceptors (Lipinski definition) is 6. The van der Waals surface area contributed by atoms with E-state index in [-0.39, 0.29) is 17.1 Å². The van der Waals surface area contributed by atoms with Gasteiger partial charge in [0.25, 0.3) is 5.69 Å². The number of sulfonamides is 1. The van der Waals surface area contributed by atoms with Gasteiger partial charge in [0.2, 0.25) is 10.0 Å². The van der Waals surface area contributed by atoms with Gasteiger partial charge in [0, 0.05) is 19.2 Å². The molecule has 24 heavy (non-hydrogen) atoms. The predicted octanol–water partition coefficient (Wildman–Crippen LogP) is 3.03. The number of thiazole rings is 1. The van der Waals surface area contributed by atoms with Gasteiger partial charge < -0.3 is 0 Å². The van der Waals surface area contributed by atoms with Gasteiger partial charge in [-0.2, -0.15) is 4.31 Å². The molecule has 0 aliphatic heterocycles. The molecule has 0 saturated carbocycles. The number of fused-ring (bicyclic) bond motifs is 1. The largest absolute Gasteiger partial charge is 0.269 e. The van der Waals surface area contributed by atoms with Gasteiger partial charge in [-0.1, -0.05) is 12.1 Å². The maximum atomic E-state index is 12.6. The lowest BCUT2D eigenvalue weighted by atomic mass is 10.3. The number of nitro groups is 1. The fourth-order valence-electron chi connectivity index (χ4n) is 2.18. The van der Waals surface area contributed by atoms with Crippen molar-refractivity contribution >= 4 is 37.3 Å².